The van der Waals surface area contributed by atoms with Crippen LogP contribution in [0.3, 0.4) is 0 Å². The van der Waals surface area contributed by atoms with Crippen LogP contribution in [0.2, 0.25) is 0 Å². The second kappa shape index (κ2) is 10.1. The first kappa shape index (κ1) is 23.6. The summed E-state index contributed by atoms with van der Waals surface area (Å²) >= 11 is 0. The average molecular weight is 485 g/mol. The number of hydrogen-bond donors (Lipinski definition) is 2. The van der Waals surface area contributed by atoms with Gasteiger partial charge in [0, 0.05) is 12.5 Å². The van der Waals surface area contributed by atoms with Gasteiger partial charge in [-0.05, 0) is 47.5 Å². The number of ether oxygens (including phenoxy) is 1. The van der Waals surface area contributed by atoms with Crippen molar-refractivity contribution >= 4 is 13.6 Å². The molecule has 0 radical (unpaired) electrons. The largest absolute Gasteiger partial charge is 0.756 e. The lowest BCUT2D eigenvalue weighted by Gasteiger charge is -2.14. The van der Waals surface area contributed by atoms with Gasteiger partial charge in [0.2, 0.25) is 0 Å². The normalized spacial score (nSPS) is 12.9. The van der Waals surface area contributed by atoms with Crippen molar-refractivity contribution in [1.29, 1.82) is 0 Å². The van der Waals surface area contributed by atoms with E-state index in [1.807, 2.05) is 24.3 Å². The van der Waals surface area contributed by atoms with Crippen molar-refractivity contribution in [3.63, 3.8) is 0 Å². The average Bonchev–Trinajstić information content (AvgIpc) is 3.25. The monoisotopic (exact) mass is 485 g/mol. The molecule has 0 amide bonds. The van der Waals surface area contributed by atoms with Crippen LogP contribution in [0.1, 0.15) is 16.8 Å². The van der Waals surface area contributed by atoms with Gasteiger partial charge in [0.15, 0.2) is 12.5 Å². The Bertz CT molecular complexity index is 1320. The minimum absolute atomic E-state index is 0.179. The van der Waals surface area contributed by atoms with E-state index < -0.39 is 14.6 Å². The summed E-state index contributed by atoms with van der Waals surface area (Å²) in [5.74, 6) is 0.926. The number of nitrogens with zero attached hydrogens (tertiary/aromatic N) is 2. The zero-order chi connectivity index (χ0) is 24.1. The Morgan fingerprint density at radius 2 is 1.91 bits per heavy atom. The van der Waals surface area contributed by atoms with Gasteiger partial charge in [0.1, 0.15) is 23.7 Å². The molecule has 9 nitrogen and oxygen atoms in total. The van der Waals surface area contributed by atoms with E-state index in [-0.39, 0.29) is 18.2 Å². The van der Waals surface area contributed by atoms with Crippen molar-refractivity contribution in [3.8, 4) is 17.1 Å². The predicted octanol–water partition coefficient (Wildman–Crippen LogP) is 2.96. The van der Waals surface area contributed by atoms with Crippen molar-refractivity contribution in [2.45, 2.75) is 19.8 Å². The minimum Gasteiger partial charge on any atom is -0.756 e. The number of phosphoric ester groups is 1. The summed E-state index contributed by atoms with van der Waals surface area (Å²) in [6.45, 7) is -0.219. The molecular weight excluding hydrogens is 464 g/mol. The van der Waals surface area contributed by atoms with Crippen LogP contribution < -0.4 is 19.9 Å². The Balaban J connectivity index is 1.40. The lowest BCUT2D eigenvalue weighted by Crippen LogP contribution is -2.38. The molecule has 2 aromatic carbocycles. The third-order valence-corrected chi connectivity index (χ3v) is 5.34. The van der Waals surface area contributed by atoms with Crippen molar-refractivity contribution in [2.75, 3.05) is 5.73 Å². The summed E-state index contributed by atoms with van der Waals surface area (Å²) in [7, 11) is -4.89. The highest BCUT2D eigenvalue weighted by molar-refractivity contribution is 7.44. The zero-order valence-electron chi connectivity index (χ0n) is 17.8. The number of aromatic nitrogens is 2. The summed E-state index contributed by atoms with van der Waals surface area (Å²) in [5, 5.41) is 4.08. The van der Waals surface area contributed by atoms with Gasteiger partial charge in [0.25, 0.3) is 13.6 Å². The first-order valence-corrected chi connectivity index (χ1v) is 11.6. The van der Waals surface area contributed by atoms with Crippen LogP contribution in [0, 0.1) is 5.82 Å². The van der Waals surface area contributed by atoms with E-state index in [1.54, 1.807) is 30.3 Å². The molecule has 0 aliphatic heterocycles. The Hall–Kier alpha value is -3.56. The fourth-order valence-corrected chi connectivity index (χ4v) is 3.52. The van der Waals surface area contributed by atoms with E-state index >= 15 is 0 Å². The first-order valence-electron chi connectivity index (χ1n) is 10.2. The van der Waals surface area contributed by atoms with Gasteiger partial charge in [-0.1, -0.05) is 29.4 Å². The molecule has 1 unspecified atom stereocenters. The van der Waals surface area contributed by atoms with Crippen LogP contribution in [0.15, 0.2) is 77.4 Å². The molecule has 2 heterocycles. The quantitative estimate of drug-likeness (QED) is 0.273. The van der Waals surface area contributed by atoms with Crippen LogP contribution in [-0.4, -0.2) is 10.1 Å². The standard InChI is InChI=1S/C23H21FN3O6P/c24-18-4-1-3-17(11-18)14-31-20-8-6-16(7-9-20)12-19-13-22(33-26-19)21-5-2-10-27(23(21)25)15-32-34(28,29)30/h1-11,13,25H,12,14-15H2,(H2,28,29,30). The van der Waals surface area contributed by atoms with Gasteiger partial charge in [0.05, 0.1) is 11.9 Å². The van der Waals surface area contributed by atoms with Crippen LogP contribution in [0.5, 0.6) is 5.75 Å². The number of benzene rings is 2. The number of phosphoric acid groups is 1. The lowest BCUT2D eigenvalue weighted by molar-refractivity contribution is -0.712. The van der Waals surface area contributed by atoms with Gasteiger partial charge in [-0.15, -0.1) is 0 Å². The van der Waals surface area contributed by atoms with Crippen LogP contribution in [0.25, 0.3) is 11.3 Å². The summed E-state index contributed by atoms with van der Waals surface area (Å²) < 4.78 is 40.9. The maximum atomic E-state index is 13.3. The molecule has 34 heavy (non-hydrogen) atoms. The highest BCUT2D eigenvalue weighted by Crippen LogP contribution is 2.30. The van der Waals surface area contributed by atoms with Gasteiger partial charge >= 0.3 is 0 Å². The lowest BCUT2D eigenvalue weighted by atomic mass is 10.1. The third kappa shape index (κ3) is 6.27. The van der Waals surface area contributed by atoms with Gasteiger partial charge in [-0.25, -0.2) is 8.96 Å². The summed E-state index contributed by atoms with van der Waals surface area (Å²) in [5.41, 5.74) is 8.95. The SMILES string of the molecule is Nc1c(-c2cc(Cc3ccc(OCc4cccc(F)c4)cc3)no2)ccc[n+]1COP(=O)([O-])O. The number of hydrogen-bond acceptors (Lipinski definition) is 7. The fourth-order valence-electron chi connectivity index (χ4n) is 3.25. The molecule has 0 fully saturated rings. The molecule has 0 bridgehead atoms. The van der Waals surface area contributed by atoms with Crippen LogP contribution >= 0.6 is 7.82 Å². The maximum Gasteiger partial charge on any atom is 0.285 e. The summed E-state index contributed by atoms with van der Waals surface area (Å²) in [6.07, 6.45) is 2.00. The molecule has 4 aromatic rings. The molecule has 3 N–H and O–H groups in total. The number of nitrogen functional groups attached to an aromatic ring is 1. The van der Waals surface area contributed by atoms with E-state index in [1.165, 1.54) is 22.9 Å². The van der Waals surface area contributed by atoms with Crippen molar-refractivity contribution in [2.24, 2.45) is 0 Å². The molecular formula is C23H21FN3O6P. The molecule has 0 aliphatic rings. The van der Waals surface area contributed by atoms with Gasteiger partial charge in [-0.3, -0.25) is 14.8 Å². The van der Waals surface area contributed by atoms with Crippen LogP contribution in [0.4, 0.5) is 10.2 Å². The number of anilines is 1. The molecule has 4 rings (SSSR count). The minimum atomic E-state index is -4.89. The van der Waals surface area contributed by atoms with Crippen molar-refractivity contribution in [1.82, 2.24) is 5.16 Å². The van der Waals surface area contributed by atoms with E-state index in [9.17, 15) is 13.8 Å². The Kier molecular flexibility index (Phi) is 7.04. The van der Waals surface area contributed by atoms with Crippen molar-refractivity contribution < 1.29 is 37.1 Å². The predicted molar refractivity (Wildman–Crippen MR) is 117 cm³/mol. The maximum absolute atomic E-state index is 13.3. The molecule has 0 saturated carbocycles. The molecule has 176 valence electrons. The number of nitrogens with two attached hydrogens (primary N) is 1. The van der Waals surface area contributed by atoms with Crippen molar-refractivity contribution in [3.05, 3.63) is 95.6 Å². The van der Waals surface area contributed by atoms with Gasteiger partial charge < -0.3 is 19.0 Å². The smallest absolute Gasteiger partial charge is 0.285 e. The highest BCUT2D eigenvalue weighted by Gasteiger charge is 2.18. The Labute approximate surface area is 194 Å². The molecule has 1 atom stereocenters. The highest BCUT2D eigenvalue weighted by atomic mass is 31.2. The topological polar surface area (TPSA) is 135 Å². The second-order valence-electron chi connectivity index (χ2n) is 7.43. The molecule has 11 heteroatoms. The Morgan fingerprint density at radius 1 is 1.12 bits per heavy atom. The number of halogens is 1. The van der Waals surface area contributed by atoms with E-state index in [2.05, 4.69) is 9.68 Å². The molecule has 0 spiro atoms. The Morgan fingerprint density at radius 3 is 2.65 bits per heavy atom. The molecule has 0 aliphatic carbocycles. The van der Waals surface area contributed by atoms with E-state index in [0.29, 0.717) is 29.2 Å². The second-order valence-corrected chi connectivity index (χ2v) is 8.62. The number of pyridine rings is 1. The molecule has 0 saturated heterocycles. The van der Waals surface area contributed by atoms with Crippen LogP contribution in [-0.2, 0) is 28.8 Å². The summed E-state index contributed by atoms with van der Waals surface area (Å²) in [6, 6.07) is 18.7. The molecule has 2 aromatic heterocycles. The third-order valence-electron chi connectivity index (χ3n) is 4.90. The number of rotatable bonds is 9. The first-order chi connectivity index (χ1) is 16.3. The summed E-state index contributed by atoms with van der Waals surface area (Å²) in [4.78, 5) is 19.6. The zero-order valence-corrected chi connectivity index (χ0v) is 18.7. The van der Waals surface area contributed by atoms with E-state index in [0.717, 1.165) is 11.1 Å². The fraction of sp³-hybridized carbons (Fsp3) is 0.130. The van der Waals surface area contributed by atoms with E-state index in [4.69, 9.17) is 19.9 Å². The van der Waals surface area contributed by atoms with Gasteiger partial charge in [-0.2, -0.15) is 0 Å².